The molecule has 9 heteroatoms. The second-order valence-corrected chi connectivity index (χ2v) is 6.55. The van der Waals surface area contributed by atoms with E-state index in [-0.39, 0.29) is 30.0 Å². The predicted molar refractivity (Wildman–Crippen MR) is 110 cm³/mol. The Kier molecular flexibility index (Phi) is 7.86. The van der Waals surface area contributed by atoms with Crippen molar-refractivity contribution in [3.8, 4) is 0 Å². The van der Waals surface area contributed by atoms with Gasteiger partial charge in [0, 0.05) is 57.1 Å². The molecule has 150 valence electrons. The van der Waals surface area contributed by atoms with Gasteiger partial charge in [-0.05, 0) is 24.6 Å². The highest BCUT2D eigenvalue weighted by Crippen LogP contribution is 2.25. The third-order valence-electron chi connectivity index (χ3n) is 4.83. The molecule has 1 amide bonds. The Morgan fingerprint density at radius 3 is 2.93 bits per heavy atom. The van der Waals surface area contributed by atoms with E-state index in [0.29, 0.717) is 24.2 Å². The molecule has 2 N–H and O–H groups in total. The molecule has 1 saturated heterocycles. The fourth-order valence-corrected chi connectivity index (χ4v) is 3.33. The summed E-state index contributed by atoms with van der Waals surface area (Å²) in [4.78, 5) is 29.5. The smallest absolute Gasteiger partial charge is 0.274 e. The number of nitrogens with zero attached hydrogens (tertiary/aromatic N) is 3. The first-order chi connectivity index (χ1) is 13.1. The molecule has 0 aliphatic carbocycles. The maximum absolute atomic E-state index is 12.4. The van der Waals surface area contributed by atoms with Crippen molar-refractivity contribution in [3.63, 3.8) is 0 Å². The number of carbonyl (C=O) groups is 1. The average molecular weight is 406 g/mol. The lowest BCUT2D eigenvalue weighted by atomic mass is 10.1. The van der Waals surface area contributed by atoms with E-state index in [9.17, 15) is 14.9 Å². The number of nitro groups is 1. The monoisotopic (exact) mass is 405 g/mol. The third-order valence-corrected chi connectivity index (χ3v) is 4.83. The highest BCUT2D eigenvalue weighted by atomic mass is 35.5. The minimum Gasteiger partial charge on any atom is -0.326 e. The predicted octanol–water partition coefficient (Wildman–Crippen LogP) is 2.70. The Bertz CT molecular complexity index is 818. The third kappa shape index (κ3) is 5.25. The van der Waals surface area contributed by atoms with Crippen molar-refractivity contribution in [1.29, 1.82) is 0 Å². The number of nitro benzene ring substituents is 1. The zero-order valence-corrected chi connectivity index (χ0v) is 16.4. The SMILES string of the molecule is Cc1c(NC(=O)CCN2CCNCC2c2cccnc2)cccc1[N+](=O)[O-].Cl. The molecule has 0 saturated carbocycles. The Morgan fingerprint density at radius 1 is 1.39 bits per heavy atom. The molecule has 0 spiro atoms. The van der Waals surface area contributed by atoms with Crippen molar-refractivity contribution in [2.75, 3.05) is 31.5 Å². The van der Waals surface area contributed by atoms with Crippen LogP contribution >= 0.6 is 12.4 Å². The van der Waals surface area contributed by atoms with Gasteiger partial charge >= 0.3 is 0 Å². The van der Waals surface area contributed by atoms with Crippen LogP contribution in [0.1, 0.15) is 23.6 Å². The first-order valence-electron chi connectivity index (χ1n) is 8.95. The largest absolute Gasteiger partial charge is 0.326 e. The van der Waals surface area contributed by atoms with E-state index < -0.39 is 4.92 Å². The fraction of sp³-hybridized carbons (Fsp3) is 0.368. The summed E-state index contributed by atoms with van der Waals surface area (Å²) in [7, 11) is 0. The number of hydrogen-bond acceptors (Lipinski definition) is 6. The van der Waals surface area contributed by atoms with E-state index in [4.69, 9.17) is 0 Å². The van der Waals surface area contributed by atoms with Gasteiger partial charge in [0.15, 0.2) is 0 Å². The Morgan fingerprint density at radius 2 is 2.21 bits per heavy atom. The standard InChI is InChI=1S/C19H23N5O3.ClH/c1-14-16(5-2-6-17(14)24(26)27)22-19(25)7-10-23-11-9-21-13-18(23)15-4-3-8-20-12-15;/h2-6,8,12,18,21H,7,9-11,13H2,1H3,(H,22,25);1H. The number of aromatic nitrogens is 1. The minimum atomic E-state index is -0.440. The molecule has 0 bridgehead atoms. The number of hydrogen-bond donors (Lipinski definition) is 2. The molecule has 28 heavy (non-hydrogen) atoms. The second-order valence-electron chi connectivity index (χ2n) is 6.55. The van der Waals surface area contributed by atoms with Gasteiger partial charge in [-0.1, -0.05) is 12.1 Å². The molecule has 2 heterocycles. The summed E-state index contributed by atoms with van der Waals surface area (Å²) in [5, 5.41) is 17.2. The van der Waals surface area contributed by atoms with E-state index in [2.05, 4.69) is 20.5 Å². The van der Waals surface area contributed by atoms with Crippen molar-refractivity contribution < 1.29 is 9.72 Å². The lowest BCUT2D eigenvalue weighted by Crippen LogP contribution is -2.46. The summed E-state index contributed by atoms with van der Waals surface area (Å²) in [5.41, 5.74) is 2.08. The first-order valence-corrected chi connectivity index (χ1v) is 8.95. The van der Waals surface area contributed by atoms with E-state index in [1.165, 1.54) is 6.07 Å². The summed E-state index contributed by atoms with van der Waals surface area (Å²) in [6, 6.07) is 8.84. The molecule has 2 aromatic rings. The number of anilines is 1. The van der Waals surface area contributed by atoms with Gasteiger partial charge in [0.05, 0.1) is 16.2 Å². The van der Waals surface area contributed by atoms with Crippen LogP contribution in [0.5, 0.6) is 0 Å². The molecule has 1 unspecified atom stereocenters. The lowest BCUT2D eigenvalue weighted by molar-refractivity contribution is -0.385. The van der Waals surface area contributed by atoms with E-state index in [1.54, 1.807) is 25.3 Å². The molecule has 1 aromatic heterocycles. The normalized spacial score (nSPS) is 16.8. The van der Waals surface area contributed by atoms with Crippen molar-refractivity contribution in [2.45, 2.75) is 19.4 Å². The number of pyridine rings is 1. The average Bonchev–Trinajstić information content (AvgIpc) is 2.68. The summed E-state index contributed by atoms with van der Waals surface area (Å²) in [6.45, 7) is 4.80. The second kappa shape index (κ2) is 10.1. The molecular weight excluding hydrogens is 382 g/mol. The maximum atomic E-state index is 12.4. The summed E-state index contributed by atoms with van der Waals surface area (Å²) >= 11 is 0. The first kappa shape index (κ1) is 21.7. The van der Waals surface area contributed by atoms with Crippen LogP contribution in [0.3, 0.4) is 0 Å². The van der Waals surface area contributed by atoms with Crippen molar-refractivity contribution in [2.24, 2.45) is 0 Å². The fourth-order valence-electron chi connectivity index (χ4n) is 3.33. The topological polar surface area (TPSA) is 100 Å². The van der Waals surface area contributed by atoms with Crippen LogP contribution in [0.2, 0.25) is 0 Å². The van der Waals surface area contributed by atoms with Gasteiger partial charge in [-0.25, -0.2) is 0 Å². The number of benzene rings is 1. The van der Waals surface area contributed by atoms with Gasteiger partial charge < -0.3 is 10.6 Å². The molecule has 8 nitrogen and oxygen atoms in total. The van der Waals surface area contributed by atoms with Gasteiger partial charge in [-0.3, -0.25) is 24.8 Å². The Balaban J connectivity index is 0.00000280. The van der Waals surface area contributed by atoms with Gasteiger partial charge in [0.1, 0.15) is 0 Å². The number of rotatable bonds is 6. The summed E-state index contributed by atoms with van der Waals surface area (Å²) in [5.74, 6) is -0.151. The van der Waals surface area contributed by atoms with Gasteiger partial charge in [0.2, 0.25) is 5.91 Å². The number of amides is 1. The van der Waals surface area contributed by atoms with Gasteiger partial charge in [0.25, 0.3) is 5.69 Å². The van der Waals surface area contributed by atoms with Crippen molar-refractivity contribution in [1.82, 2.24) is 15.2 Å². The van der Waals surface area contributed by atoms with Crippen molar-refractivity contribution >= 4 is 29.7 Å². The van der Waals surface area contributed by atoms with Crippen LogP contribution in [-0.2, 0) is 4.79 Å². The Hall–Kier alpha value is -2.55. The number of halogens is 1. The molecule has 1 aliphatic rings. The molecule has 0 radical (unpaired) electrons. The highest BCUT2D eigenvalue weighted by Gasteiger charge is 2.24. The molecule has 3 rings (SSSR count). The zero-order valence-electron chi connectivity index (χ0n) is 15.6. The number of nitrogens with one attached hydrogen (secondary N) is 2. The van der Waals surface area contributed by atoms with Crippen LogP contribution in [0.15, 0.2) is 42.7 Å². The van der Waals surface area contributed by atoms with E-state index >= 15 is 0 Å². The van der Waals surface area contributed by atoms with Crippen LogP contribution in [0, 0.1) is 17.0 Å². The molecule has 1 atom stereocenters. The Labute approximate surface area is 169 Å². The minimum absolute atomic E-state index is 0. The molecule has 1 fully saturated rings. The zero-order chi connectivity index (χ0) is 19.2. The van der Waals surface area contributed by atoms with Gasteiger partial charge in [-0.2, -0.15) is 0 Å². The number of piperazine rings is 1. The van der Waals surface area contributed by atoms with Crippen LogP contribution in [-0.4, -0.2) is 46.9 Å². The van der Waals surface area contributed by atoms with Crippen LogP contribution < -0.4 is 10.6 Å². The van der Waals surface area contributed by atoms with Crippen LogP contribution in [0.25, 0.3) is 0 Å². The molecule has 1 aliphatic heterocycles. The lowest BCUT2D eigenvalue weighted by Gasteiger charge is -2.36. The van der Waals surface area contributed by atoms with E-state index in [0.717, 1.165) is 25.2 Å². The molecule has 1 aromatic carbocycles. The molecular formula is C19H24ClN5O3. The maximum Gasteiger partial charge on any atom is 0.274 e. The summed E-state index contributed by atoms with van der Waals surface area (Å²) < 4.78 is 0. The van der Waals surface area contributed by atoms with Crippen LogP contribution in [0.4, 0.5) is 11.4 Å². The van der Waals surface area contributed by atoms with Crippen molar-refractivity contribution in [3.05, 3.63) is 64.0 Å². The van der Waals surface area contributed by atoms with E-state index in [1.807, 2.05) is 18.3 Å². The number of carbonyl (C=O) groups excluding carboxylic acids is 1. The summed E-state index contributed by atoms with van der Waals surface area (Å²) in [6.07, 6.45) is 3.93. The highest BCUT2D eigenvalue weighted by molar-refractivity contribution is 5.92. The van der Waals surface area contributed by atoms with Gasteiger partial charge in [-0.15, -0.1) is 12.4 Å². The quantitative estimate of drug-likeness (QED) is 0.566.